The van der Waals surface area contributed by atoms with E-state index in [4.69, 9.17) is 4.98 Å². The van der Waals surface area contributed by atoms with Gasteiger partial charge in [-0.25, -0.2) is 4.98 Å². The van der Waals surface area contributed by atoms with Gasteiger partial charge in [0.05, 0.1) is 11.4 Å². The Morgan fingerprint density at radius 3 is 2.86 bits per heavy atom. The number of thioether (sulfide) groups is 1. The Hall–Kier alpha value is -1.97. The summed E-state index contributed by atoms with van der Waals surface area (Å²) < 4.78 is 0.908. The highest BCUT2D eigenvalue weighted by molar-refractivity contribution is 8.00. The smallest absolute Gasteiger partial charge is 0.230 e. The monoisotopic (exact) mass is 433 g/mol. The van der Waals surface area contributed by atoms with Crippen LogP contribution in [0.1, 0.15) is 37.1 Å². The van der Waals surface area contributed by atoms with Crippen LogP contribution < -0.4 is 10.2 Å². The molecular formula is C19H23N5OS3. The number of hydrogen-bond acceptors (Lipinski definition) is 8. The number of thiazole rings is 1. The molecule has 0 aliphatic rings. The molecule has 0 aliphatic heterocycles. The fraction of sp³-hybridized carbons (Fsp3) is 0.368. The van der Waals surface area contributed by atoms with Crippen LogP contribution in [0.5, 0.6) is 0 Å². The largest absolute Gasteiger partial charge is 0.360 e. The van der Waals surface area contributed by atoms with Crippen LogP contribution in [0.2, 0.25) is 0 Å². The number of benzene rings is 1. The van der Waals surface area contributed by atoms with Gasteiger partial charge in [0.15, 0.2) is 9.47 Å². The molecule has 148 valence electrons. The van der Waals surface area contributed by atoms with Crippen LogP contribution in [-0.2, 0) is 10.5 Å². The van der Waals surface area contributed by atoms with E-state index in [-0.39, 0.29) is 5.91 Å². The SMILES string of the molecule is CCCNc1nnc(SCc2csc(N(C(C)=O)c3cccc(C)c3C)n2)s1. The lowest BCUT2D eigenvalue weighted by atomic mass is 10.1. The summed E-state index contributed by atoms with van der Waals surface area (Å²) in [6, 6.07) is 5.98. The number of hydrogen-bond donors (Lipinski definition) is 1. The molecule has 0 unspecified atom stereocenters. The number of rotatable bonds is 8. The van der Waals surface area contributed by atoms with Crippen molar-refractivity contribution in [1.82, 2.24) is 15.2 Å². The summed E-state index contributed by atoms with van der Waals surface area (Å²) in [5.74, 6) is 0.648. The van der Waals surface area contributed by atoms with E-state index in [1.807, 2.05) is 37.4 Å². The molecule has 9 heteroatoms. The first-order chi connectivity index (χ1) is 13.5. The number of aryl methyl sites for hydroxylation is 1. The van der Waals surface area contributed by atoms with Crippen LogP contribution in [0.15, 0.2) is 27.9 Å². The Morgan fingerprint density at radius 2 is 2.11 bits per heavy atom. The minimum Gasteiger partial charge on any atom is -0.360 e. The normalized spacial score (nSPS) is 10.9. The van der Waals surface area contributed by atoms with Crippen molar-refractivity contribution >= 4 is 56.3 Å². The van der Waals surface area contributed by atoms with Gasteiger partial charge in [0.1, 0.15) is 0 Å². The van der Waals surface area contributed by atoms with Gasteiger partial charge in [-0.15, -0.1) is 21.5 Å². The third-order valence-corrected chi connectivity index (χ3v) is 7.06. The molecule has 0 aliphatic carbocycles. The molecule has 2 aromatic heterocycles. The van der Waals surface area contributed by atoms with Gasteiger partial charge in [0.25, 0.3) is 0 Å². The summed E-state index contributed by atoms with van der Waals surface area (Å²) in [6.45, 7) is 8.67. The third kappa shape index (κ3) is 4.89. The Morgan fingerprint density at radius 1 is 1.29 bits per heavy atom. The van der Waals surface area contributed by atoms with Crippen molar-refractivity contribution in [2.24, 2.45) is 0 Å². The maximum absolute atomic E-state index is 12.3. The molecule has 3 rings (SSSR count). The lowest BCUT2D eigenvalue weighted by Gasteiger charge is -2.21. The number of carbonyl (C=O) groups is 1. The highest BCUT2D eigenvalue weighted by Gasteiger charge is 2.20. The van der Waals surface area contributed by atoms with Crippen LogP contribution >= 0.6 is 34.4 Å². The molecule has 0 spiro atoms. The van der Waals surface area contributed by atoms with Crippen LogP contribution in [0.25, 0.3) is 0 Å². The van der Waals surface area contributed by atoms with Crippen molar-refractivity contribution < 1.29 is 4.79 Å². The Kier molecular flexibility index (Phi) is 7.03. The Labute approximate surface area is 177 Å². The maximum Gasteiger partial charge on any atom is 0.230 e. The van der Waals surface area contributed by atoms with E-state index in [2.05, 4.69) is 22.4 Å². The highest BCUT2D eigenvalue weighted by Crippen LogP contribution is 2.34. The minimum absolute atomic E-state index is 0.0435. The number of anilines is 3. The molecule has 1 aromatic carbocycles. The van der Waals surface area contributed by atoms with Gasteiger partial charge in [-0.3, -0.25) is 9.69 Å². The zero-order valence-electron chi connectivity index (χ0n) is 16.4. The first-order valence-corrected chi connectivity index (χ1v) is 11.7. The van der Waals surface area contributed by atoms with E-state index in [0.29, 0.717) is 10.9 Å². The van der Waals surface area contributed by atoms with Gasteiger partial charge < -0.3 is 5.32 Å². The van der Waals surface area contributed by atoms with E-state index in [0.717, 1.165) is 44.9 Å². The van der Waals surface area contributed by atoms with Crippen molar-refractivity contribution in [3.05, 3.63) is 40.4 Å². The fourth-order valence-electron chi connectivity index (χ4n) is 2.56. The van der Waals surface area contributed by atoms with Crippen LogP contribution in [0.3, 0.4) is 0 Å². The van der Waals surface area contributed by atoms with E-state index in [1.165, 1.54) is 11.3 Å². The molecule has 3 aromatic rings. The summed E-state index contributed by atoms with van der Waals surface area (Å²) in [6.07, 6.45) is 1.05. The third-order valence-electron chi connectivity index (χ3n) is 4.14. The van der Waals surface area contributed by atoms with E-state index in [1.54, 1.807) is 34.9 Å². The fourth-order valence-corrected chi connectivity index (χ4v) is 5.21. The number of aromatic nitrogens is 3. The molecule has 1 N–H and O–H groups in total. The zero-order chi connectivity index (χ0) is 20.1. The minimum atomic E-state index is -0.0435. The van der Waals surface area contributed by atoms with Gasteiger partial charge >= 0.3 is 0 Å². The van der Waals surface area contributed by atoms with Crippen molar-refractivity contribution in [3.8, 4) is 0 Å². The van der Waals surface area contributed by atoms with Gasteiger partial charge in [-0.1, -0.05) is 42.2 Å². The number of carbonyl (C=O) groups excluding carboxylic acids is 1. The maximum atomic E-state index is 12.3. The topological polar surface area (TPSA) is 71.0 Å². The predicted molar refractivity (Wildman–Crippen MR) is 119 cm³/mol. The quantitative estimate of drug-likeness (QED) is 0.479. The Bertz CT molecular complexity index is 953. The molecule has 0 saturated carbocycles. The molecule has 0 fully saturated rings. The Balaban J connectivity index is 1.72. The van der Waals surface area contributed by atoms with Crippen molar-refractivity contribution in [3.63, 3.8) is 0 Å². The van der Waals surface area contributed by atoms with Crippen LogP contribution in [0, 0.1) is 13.8 Å². The summed E-state index contributed by atoms with van der Waals surface area (Å²) >= 11 is 4.64. The number of nitrogens with zero attached hydrogens (tertiary/aromatic N) is 4. The van der Waals surface area contributed by atoms with Crippen molar-refractivity contribution in [1.29, 1.82) is 0 Å². The molecule has 28 heavy (non-hydrogen) atoms. The average Bonchev–Trinajstić information content (AvgIpc) is 3.31. The number of amides is 1. The highest BCUT2D eigenvalue weighted by atomic mass is 32.2. The first kappa shape index (κ1) is 20.8. The molecule has 1 amide bonds. The molecule has 6 nitrogen and oxygen atoms in total. The van der Waals surface area contributed by atoms with Gasteiger partial charge in [-0.2, -0.15) is 0 Å². The molecule has 0 bridgehead atoms. The van der Waals surface area contributed by atoms with Gasteiger partial charge in [-0.05, 0) is 37.5 Å². The lowest BCUT2D eigenvalue weighted by Crippen LogP contribution is -2.23. The summed E-state index contributed by atoms with van der Waals surface area (Å²) in [5, 5.41) is 15.1. The van der Waals surface area contributed by atoms with E-state index in [9.17, 15) is 4.79 Å². The molecule has 0 radical (unpaired) electrons. The first-order valence-electron chi connectivity index (χ1n) is 9.01. The average molecular weight is 434 g/mol. The second kappa shape index (κ2) is 9.49. The van der Waals surface area contributed by atoms with Gasteiger partial charge in [0.2, 0.25) is 11.0 Å². The predicted octanol–water partition coefficient (Wildman–Crippen LogP) is 5.41. The second-order valence-corrected chi connectivity index (χ2v) is 9.32. The van der Waals surface area contributed by atoms with Gasteiger partial charge in [0, 0.05) is 24.6 Å². The van der Waals surface area contributed by atoms with Crippen LogP contribution in [-0.4, -0.2) is 27.6 Å². The summed E-state index contributed by atoms with van der Waals surface area (Å²) in [7, 11) is 0. The summed E-state index contributed by atoms with van der Waals surface area (Å²) in [5.41, 5.74) is 4.06. The van der Waals surface area contributed by atoms with E-state index >= 15 is 0 Å². The van der Waals surface area contributed by atoms with Crippen molar-refractivity contribution in [2.75, 3.05) is 16.8 Å². The lowest BCUT2D eigenvalue weighted by molar-refractivity contribution is -0.115. The molecule has 0 atom stereocenters. The number of nitrogens with one attached hydrogen (secondary N) is 1. The zero-order valence-corrected chi connectivity index (χ0v) is 18.8. The van der Waals surface area contributed by atoms with Crippen molar-refractivity contribution in [2.45, 2.75) is 44.2 Å². The van der Waals surface area contributed by atoms with E-state index < -0.39 is 0 Å². The molecule has 2 heterocycles. The molecule has 0 saturated heterocycles. The van der Waals surface area contributed by atoms with Crippen LogP contribution in [0.4, 0.5) is 16.0 Å². The second-order valence-electron chi connectivity index (χ2n) is 6.28. The molecular weight excluding hydrogens is 410 g/mol. The summed E-state index contributed by atoms with van der Waals surface area (Å²) in [4.78, 5) is 18.7. The standard InChI is InChI=1S/C19H23N5OS3/c1-5-9-20-17-22-23-19(28-17)27-11-15-10-26-18(21-15)24(14(4)25)16-8-6-7-12(2)13(16)3/h6-8,10H,5,9,11H2,1-4H3,(H,20,22).